The summed E-state index contributed by atoms with van der Waals surface area (Å²) in [4.78, 5) is 2.84. The summed E-state index contributed by atoms with van der Waals surface area (Å²) in [6.45, 7) is 0. The van der Waals surface area contributed by atoms with E-state index in [0.717, 1.165) is 39.8 Å². The first-order valence-electron chi connectivity index (χ1n) is 9.62. The van der Waals surface area contributed by atoms with Gasteiger partial charge in [-0.2, -0.15) is 0 Å². The summed E-state index contributed by atoms with van der Waals surface area (Å²) < 4.78 is 11.8. The number of ether oxygens (including phenoxy) is 2. The molecule has 3 aromatic carbocycles. The molecule has 5 rings (SSSR count). The van der Waals surface area contributed by atoms with Crippen LogP contribution in [0.3, 0.4) is 0 Å². The third kappa shape index (κ3) is 3.30. The Labute approximate surface area is 185 Å². The topological polar surface area (TPSA) is 33.7 Å². The highest BCUT2D eigenvalue weighted by Gasteiger charge is 2.37. The number of halogens is 1. The van der Waals surface area contributed by atoms with Crippen molar-refractivity contribution in [3.8, 4) is 11.5 Å². The van der Waals surface area contributed by atoms with Crippen LogP contribution in [0.25, 0.3) is 0 Å². The number of hydrogen-bond donors (Lipinski definition) is 1. The SMILES string of the molecule is COc1ccc(N2C3=C(Cc4cc(Cl)ccc4O3)C(=S)N[C@H]2c2ccccc2)cc1. The van der Waals surface area contributed by atoms with Crippen molar-refractivity contribution in [2.75, 3.05) is 12.0 Å². The molecule has 0 radical (unpaired) electrons. The molecule has 0 aromatic heterocycles. The molecule has 2 aliphatic heterocycles. The fraction of sp³-hybridized carbons (Fsp3) is 0.125. The molecule has 1 atom stereocenters. The van der Waals surface area contributed by atoms with E-state index in [0.29, 0.717) is 16.4 Å². The molecule has 0 aliphatic carbocycles. The minimum Gasteiger partial charge on any atom is -0.497 e. The molecule has 0 bridgehead atoms. The van der Waals surface area contributed by atoms with E-state index in [2.05, 4.69) is 22.3 Å². The predicted molar refractivity (Wildman–Crippen MR) is 123 cm³/mol. The van der Waals surface area contributed by atoms with Crippen LogP contribution in [0.1, 0.15) is 17.3 Å². The van der Waals surface area contributed by atoms with Gasteiger partial charge in [0.25, 0.3) is 0 Å². The molecule has 0 saturated heterocycles. The van der Waals surface area contributed by atoms with Crippen molar-refractivity contribution in [2.24, 2.45) is 0 Å². The van der Waals surface area contributed by atoms with Gasteiger partial charge in [0.15, 0.2) is 0 Å². The summed E-state index contributed by atoms with van der Waals surface area (Å²) in [6.07, 6.45) is 0.463. The van der Waals surface area contributed by atoms with E-state index in [9.17, 15) is 0 Å². The minimum atomic E-state index is -0.195. The van der Waals surface area contributed by atoms with Crippen LogP contribution < -0.4 is 19.7 Å². The van der Waals surface area contributed by atoms with Crippen LogP contribution in [0, 0.1) is 0 Å². The van der Waals surface area contributed by atoms with Gasteiger partial charge in [0, 0.05) is 22.7 Å². The lowest BCUT2D eigenvalue weighted by atomic mass is 9.98. The second kappa shape index (κ2) is 7.67. The Balaban J connectivity index is 1.65. The first-order chi connectivity index (χ1) is 14.6. The molecule has 2 aliphatic rings. The molecule has 0 fully saturated rings. The van der Waals surface area contributed by atoms with Gasteiger partial charge < -0.3 is 14.8 Å². The zero-order valence-electron chi connectivity index (χ0n) is 16.3. The van der Waals surface area contributed by atoms with Gasteiger partial charge in [-0.3, -0.25) is 4.90 Å². The van der Waals surface area contributed by atoms with Crippen LogP contribution in [0.15, 0.2) is 84.3 Å². The average Bonchev–Trinajstić information content (AvgIpc) is 2.79. The molecule has 4 nitrogen and oxygen atoms in total. The fourth-order valence-electron chi connectivity index (χ4n) is 3.86. The maximum atomic E-state index is 6.42. The summed E-state index contributed by atoms with van der Waals surface area (Å²) in [7, 11) is 1.66. The predicted octanol–water partition coefficient (Wildman–Crippen LogP) is 5.63. The van der Waals surface area contributed by atoms with Crippen LogP contribution in [0.5, 0.6) is 11.5 Å². The highest BCUT2D eigenvalue weighted by atomic mass is 35.5. The molecular formula is C24H19ClN2O2S. The number of thiocarbonyl (C=S) groups is 1. The monoisotopic (exact) mass is 434 g/mol. The van der Waals surface area contributed by atoms with Gasteiger partial charge in [-0.1, -0.05) is 54.2 Å². The molecule has 0 unspecified atom stereocenters. The first-order valence-corrected chi connectivity index (χ1v) is 10.4. The van der Waals surface area contributed by atoms with E-state index >= 15 is 0 Å². The van der Waals surface area contributed by atoms with E-state index in [1.165, 1.54) is 0 Å². The second-order valence-electron chi connectivity index (χ2n) is 7.17. The zero-order chi connectivity index (χ0) is 20.7. The molecule has 30 heavy (non-hydrogen) atoms. The van der Waals surface area contributed by atoms with Crippen LogP contribution in [-0.4, -0.2) is 12.1 Å². The third-order valence-corrected chi connectivity index (χ3v) is 5.94. The van der Waals surface area contributed by atoms with Gasteiger partial charge in [0.1, 0.15) is 22.7 Å². The van der Waals surface area contributed by atoms with Crippen LogP contribution in [0.4, 0.5) is 5.69 Å². The Morgan fingerprint density at radius 2 is 1.83 bits per heavy atom. The van der Waals surface area contributed by atoms with Gasteiger partial charge >= 0.3 is 0 Å². The number of nitrogens with one attached hydrogen (secondary N) is 1. The van der Waals surface area contributed by atoms with Crippen LogP contribution in [0.2, 0.25) is 5.02 Å². The van der Waals surface area contributed by atoms with E-state index in [-0.39, 0.29) is 6.17 Å². The van der Waals surface area contributed by atoms with Gasteiger partial charge in [0.2, 0.25) is 5.88 Å². The normalized spacial score (nSPS) is 17.6. The number of fused-ring (bicyclic) bond motifs is 1. The largest absolute Gasteiger partial charge is 0.497 e. The summed E-state index contributed by atoms with van der Waals surface area (Å²) in [5, 5.41) is 4.20. The fourth-order valence-corrected chi connectivity index (χ4v) is 4.33. The molecule has 0 saturated carbocycles. The number of rotatable bonds is 3. The average molecular weight is 435 g/mol. The number of nitrogens with zero attached hydrogens (tertiary/aromatic N) is 1. The Morgan fingerprint density at radius 3 is 2.57 bits per heavy atom. The lowest BCUT2D eigenvalue weighted by molar-refractivity contribution is 0.359. The van der Waals surface area contributed by atoms with Crippen molar-refractivity contribution < 1.29 is 9.47 Å². The van der Waals surface area contributed by atoms with Gasteiger partial charge in [-0.05, 0) is 48.0 Å². The van der Waals surface area contributed by atoms with Gasteiger partial charge in [-0.15, -0.1) is 0 Å². The van der Waals surface area contributed by atoms with Crippen LogP contribution in [-0.2, 0) is 6.42 Å². The molecule has 0 amide bonds. The Hall–Kier alpha value is -3.02. The van der Waals surface area contributed by atoms with Gasteiger partial charge in [0.05, 0.1) is 12.7 Å². The van der Waals surface area contributed by atoms with E-state index in [1.807, 2.05) is 60.7 Å². The molecule has 2 heterocycles. The molecule has 150 valence electrons. The highest BCUT2D eigenvalue weighted by Crippen LogP contribution is 2.41. The number of hydrogen-bond acceptors (Lipinski definition) is 4. The molecule has 1 N–H and O–H groups in total. The molecule has 0 spiro atoms. The Bertz CT molecular complexity index is 1150. The smallest absolute Gasteiger partial charge is 0.208 e. The quantitative estimate of drug-likeness (QED) is 0.540. The summed E-state index contributed by atoms with van der Waals surface area (Å²) >= 11 is 12.0. The van der Waals surface area contributed by atoms with E-state index in [1.54, 1.807) is 7.11 Å². The van der Waals surface area contributed by atoms with Crippen molar-refractivity contribution in [3.63, 3.8) is 0 Å². The maximum Gasteiger partial charge on any atom is 0.208 e. The first kappa shape index (κ1) is 19.0. The number of benzene rings is 3. The van der Waals surface area contributed by atoms with E-state index < -0.39 is 0 Å². The molecule has 6 heteroatoms. The van der Waals surface area contributed by atoms with Crippen molar-refractivity contribution in [3.05, 3.63) is 100 Å². The number of methoxy groups -OCH3 is 1. The van der Waals surface area contributed by atoms with Crippen molar-refractivity contribution >= 4 is 34.5 Å². The minimum absolute atomic E-state index is 0.195. The lowest BCUT2D eigenvalue weighted by Crippen LogP contribution is -2.49. The van der Waals surface area contributed by atoms with E-state index in [4.69, 9.17) is 33.3 Å². The van der Waals surface area contributed by atoms with Crippen molar-refractivity contribution in [1.29, 1.82) is 0 Å². The zero-order valence-corrected chi connectivity index (χ0v) is 17.8. The van der Waals surface area contributed by atoms with Crippen LogP contribution >= 0.6 is 23.8 Å². The Kier molecular flexibility index (Phi) is 4.85. The standard InChI is InChI=1S/C24H19ClN2O2S/c1-28-19-10-8-18(9-11-19)27-22(15-5-3-2-4-6-15)26-23(30)20-14-16-13-17(25)7-12-21(16)29-24(20)27/h2-13,22H,14H2,1H3,(H,26,30)/t22-/m1/s1. The van der Waals surface area contributed by atoms with Gasteiger partial charge in [-0.25, -0.2) is 0 Å². The second-order valence-corrected chi connectivity index (χ2v) is 8.01. The maximum absolute atomic E-state index is 6.42. The lowest BCUT2D eigenvalue weighted by Gasteiger charge is -2.42. The summed E-state index contributed by atoms with van der Waals surface area (Å²) in [5.74, 6) is 2.34. The summed E-state index contributed by atoms with van der Waals surface area (Å²) in [5.41, 5.74) is 4.04. The highest BCUT2D eigenvalue weighted by molar-refractivity contribution is 7.80. The molecule has 3 aromatic rings. The third-order valence-electron chi connectivity index (χ3n) is 5.34. The Morgan fingerprint density at radius 1 is 1.07 bits per heavy atom. The van der Waals surface area contributed by atoms with Crippen molar-refractivity contribution in [2.45, 2.75) is 12.6 Å². The molecular weight excluding hydrogens is 416 g/mol. The number of anilines is 1. The van der Waals surface area contributed by atoms with Crippen molar-refractivity contribution in [1.82, 2.24) is 5.32 Å². The summed E-state index contributed by atoms with van der Waals surface area (Å²) in [6, 6.07) is 23.8.